The SMILES string of the molecule is [CH2]c1cccc(Oc2ccccc2)c1. The van der Waals surface area contributed by atoms with E-state index in [1.807, 2.05) is 54.6 Å². The molecule has 0 unspecified atom stereocenters. The molecule has 0 saturated heterocycles. The molecule has 2 aromatic rings. The third-order valence-electron chi connectivity index (χ3n) is 1.88. The van der Waals surface area contributed by atoms with E-state index in [4.69, 9.17) is 4.74 Å². The van der Waals surface area contributed by atoms with E-state index < -0.39 is 0 Å². The van der Waals surface area contributed by atoms with Gasteiger partial charge in [0.25, 0.3) is 0 Å². The Kier molecular flexibility index (Phi) is 2.50. The van der Waals surface area contributed by atoms with Crippen LogP contribution in [-0.4, -0.2) is 0 Å². The van der Waals surface area contributed by atoms with Gasteiger partial charge in [-0.2, -0.15) is 0 Å². The van der Waals surface area contributed by atoms with E-state index in [-0.39, 0.29) is 0 Å². The standard InChI is InChI=1S/C13H11O/c1-11-6-5-9-13(10-11)14-12-7-3-2-4-8-12/h2-10H,1H2. The molecule has 69 valence electrons. The normalized spacial score (nSPS) is 9.79. The molecular formula is C13H11O. The van der Waals surface area contributed by atoms with Gasteiger partial charge in [0.2, 0.25) is 0 Å². The second kappa shape index (κ2) is 3.97. The van der Waals surface area contributed by atoms with Crippen LogP contribution >= 0.6 is 0 Å². The van der Waals surface area contributed by atoms with Crippen molar-refractivity contribution in [3.8, 4) is 11.5 Å². The van der Waals surface area contributed by atoms with Crippen LogP contribution in [0, 0.1) is 6.92 Å². The zero-order valence-electron chi connectivity index (χ0n) is 7.81. The maximum atomic E-state index is 5.62. The van der Waals surface area contributed by atoms with Crippen LogP contribution in [0.15, 0.2) is 54.6 Å². The molecule has 0 heterocycles. The first-order valence-electron chi connectivity index (χ1n) is 4.49. The number of ether oxygens (including phenoxy) is 1. The first-order chi connectivity index (χ1) is 6.84. The van der Waals surface area contributed by atoms with E-state index >= 15 is 0 Å². The average molecular weight is 183 g/mol. The Balaban J connectivity index is 2.19. The van der Waals surface area contributed by atoms with E-state index in [0.29, 0.717) is 0 Å². The summed E-state index contributed by atoms with van der Waals surface area (Å²) in [5.41, 5.74) is 0.957. The number of rotatable bonds is 2. The predicted octanol–water partition coefficient (Wildman–Crippen LogP) is 3.66. The summed E-state index contributed by atoms with van der Waals surface area (Å²) in [5.74, 6) is 1.67. The molecule has 1 radical (unpaired) electrons. The lowest BCUT2D eigenvalue weighted by Crippen LogP contribution is -1.83. The summed E-state index contributed by atoms with van der Waals surface area (Å²) in [6.45, 7) is 3.84. The van der Waals surface area contributed by atoms with Gasteiger partial charge in [-0.3, -0.25) is 0 Å². The minimum absolute atomic E-state index is 0.823. The monoisotopic (exact) mass is 183 g/mol. The molecule has 1 heteroatoms. The second-order valence-corrected chi connectivity index (χ2v) is 3.06. The minimum Gasteiger partial charge on any atom is -0.457 e. The predicted molar refractivity (Wildman–Crippen MR) is 57.4 cm³/mol. The molecule has 0 saturated carbocycles. The van der Waals surface area contributed by atoms with E-state index in [1.165, 1.54) is 0 Å². The Morgan fingerprint density at radius 1 is 0.786 bits per heavy atom. The molecular weight excluding hydrogens is 172 g/mol. The highest BCUT2D eigenvalue weighted by Gasteiger charge is 1.95. The van der Waals surface area contributed by atoms with E-state index in [1.54, 1.807) is 0 Å². The fourth-order valence-corrected chi connectivity index (χ4v) is 1.23. The van der Waals surface area contributed by atoms with Gasteiger partial charge in [0.1, 0.15) is 11.5 Å². The van der Waals surface area contributed by atoms with Crippen LogP contribution in [0.4, 0.5) is 0 Å². The topological polar surface area (TPSA) is 9.23 Å². The van der Waals surface area contributed by atoms with Crippen molar-refractivity contribution in [2.24, 2.45) is 0 Å². The van der Waals surface area contributed by atoms with Gasteiger partial charge in [-0.05, 0) is 36.8 Å². The fourth-order valence-electron chi connectivity index (χ4n) is 1.23. The van der Waals surface area contributed by atoms with Gasteiger partial charge in [-0.1, -0.05) is 30.3 Å². The Hall–Kier alpha value is -1.76. The lowest BCUT2D eigenvalue weighted by atomic mass is 10.2. The molecule has 0 aliphatic heterocycles. The summed E-state index contributed by atoms with van der Waals surface area (Å²) in [6, 6.07) is 17.4. The van der Waals surface area contributed by atoms with Crippen molar-refractivity contribution in [1.82, 2.24) is 0 Å². The minimum atomic E-state index is 0.823. The molecule has 2 rings (SSSR count). The van der Waals surface area contributed by atoms with E-state index in [9.17, 15) is 0 Å². The Bertz CT molecular complexity index is 407. The first-order valence-corrected chi connectivity index (χ1v) is 4.49. The van der Waals surface area contributed by atoms with Gasteiger partial charge < -0.3 is 4.74 Å². The van der Waals surface area contributed by atoms with Crippen LogP contribution < -0.4 is 4.74 Å². The summed E-state index contributed by atoms with van der Waals surface area (Å²) < 4.78 is 5.62. The second-order valence-electron chi connectivity index (χ2n) is 3.06. The Labute approximate surface area is 84.0 Å². The zero-order chi connectivity index (χ0) is 9.80. The van der Waals surface area contributed by atoms with Gasteiger partial charge in [-0.25, -0.2) is 0 Å². The summed E-state index contributed by atoms with van der Waals surface area (Å²) >= 11 is 0. The number of para-hydroxylation sites is 1. The van der Waals surface area contributed by atoms with Crippen LogP contribution in [0.3, 0.4) is 0 Å². The fraction of sp³-hybridized carbons (Fsp3) is 0. The van der Waals surface area contributed by atoms with Crippen molar-refractivity contribution >= 4 is 0 Å². The van der Waals surface area contributed by atoms with Gasteiger partial charge in [0.15, 0.2) is 0 Å². The molecule has 0 bridgehead atoms. The van der Waals surface area contributed by atoms with Crippen molar-refractivity contribution in [1.29, 1.82) is 0 Å². The van der Waals surface area contributed by atoms with Gasteiger partial charge in [-0.15, -0.1) is 0 Å². The number of hydrogen-bond acceptors (Lipinski definition) is 1. The molecule has 0 aliphatic carbocycles. The van der Waals surface area contributed by atoms with Gasteiger partial charge in [0, 0.05) is 0 Å². The molecule has 0 amide bonds. The van der Waals surface area contributed by atoms with Crippen LogP contribution in [-0.2, 0) is 0 Å². The first kappa shape index (κ1) is 8.82. The van der Waals surface area contributed by atoms with Crippen molar-refractivity contribution in [3.05, 3.63) is 67.1 Å². The molecule has 0 spiro atoms. The van der Waals surface area contributed by atoms with Crippen LogP contribution in [0.1, 0.15) is 5.56 Å². The van der Waals surface area contributed by atoms with E-state index in [0.717, 1.165) is 17.1 Å². The van der Waals surface area contributed by atoms with Crippen molar-refractivity contribution in [3.63, 3.8) is 0 Å². The Morgan fingerprint density at radius 3 is 2.21 bits per heavy atom. The lowest BCUT2D eigenvalue weighted by molar-refractivity contribution is 0.482. The van der Waals surface area contributed by atoms with Gasteiger partial charge >= 0.3 is 0 Å². The maximum absolute atomic E-state index is 5.62. The lowest BCUT2D eigenvalue weighted by Gasteiger charge is -2.05. The van der Waals surface area contributed by atoms with Crippen LogP contribution in [0.2, 0.25) is 0 Å². The number of benzene rings is 2. The maximum Gasteiger partial charge on any atom is 0.127 e. The highest BCUT2D eigenvalue weighted by atomic mass is 16.5. The highest BCUT2D eigenvalue weighted by molar-refractivity contribution is 5.34. The molecule has 0 fully saturated rings. The molecule has 0 aliphatic rings. The van der Waals surface area contributed by atoms with Crippen LogP contribution in [0.25, 0.3) is 0 Å². The largest absolute Gasteiger partial charge is 0.457 e. The molecule has 0 aromatic heterocycles. The third-order valence-corrected chi connectivity index (χ3v) is 1.88. The third kappa shape index (κ3) is 2.13. The molecule has 0 atom stereocenters. The molecule has 2 aromatic carbocycles. The van der Waals surface area contributed by atoms with Crippen molar-refractivity contribution in [2.45, 2.75) is 0 Å². The summed E-state index contributed by atoms with van der Waals surface area (Å²) in [6.07, 6.45) is 0. The summed E-state index contributed by atoms with van der Waals surface area (Å²) in [5, 5.41) is 0. The van der Waals surface area contributed by atoms with Gasteiger partial charge in [0.05, 0.1) is 0 Å². The van der Waals surface area contributed by atoms with E-state index in [2.05, 4.69) is 6.92 Å². The smallest absolute Gasteiger partial charge is 0.127 e. The Morgan fingerprint density at radius 2 is 1.50 bits per heavy atom. The molecule has 14 heavy (non-hydrogen) atoms. The molecule has 0 N–H and O–H groups in total. The highest BCUT2D eigenvalue weighted by Crippen LogP contribution is 2.21. The summed E-state index contributed by atoms with van der Waals surface area (Å²) in [4.78, 5) is 0. The van der Waals surface area contributed by atoms with Crippen LogP contribution in [0.5, 0.6) is 11.5 Å². The zero-order valence-corrected chi connectivity index (χ0v) is 7.81. The molecule has 1 nitrogen and oxygen atoms in total. The number of hydrogen-bond donors (Lipinski definition) is 0. The van der Waals surface area contributed by atoms with Crippen molar-refractivity contribution in [2.75, 3.05) is 0 Å². The quantitative estimate of drug-likeness (QED) is 0.690. The summed E-state index contributed by atoms with van der Waals surface area (Å²) in [7, 11) is 0. The van der Waals surface area contributed by atoms with Crippen molar-refractivity contribution < 1.29 is 4.74 Å². The average Bonchev–Trinajstić information content (AvgIpc) is 2.19.